The minimum absolute atomic E-state index is 0.0816. The molecule has 246 valence electrons. The van der Waals surface area contributed by atoms with Gasteiger partial charge in [0, 0.05) is 27.7 Å². The van der Waals surface area contributed by atoms with Crippen molar-refractivity contribution in [1.82, 2.24) is 0 Å². The molecule has 1 aliphatic rings. The van der Waals surface area contributed by atoms with E-state index in [0.29, 0.717) is 12.0 Å². The average Bonchev–Trinajstić information content (AvgIpc) is 2.90. The van der Waals surface area contributed by atoms with Crippen molar-refractivity contribution >= 4 is 32.2 Å². The van der Waals surface area contributed by atoms with Crippen LogP contribution in [0.25, 0.3) is 0 Å². The van der Waals surface area contributed by atoms with Crippen LogP contribution >= 0.6 is 0 Å². The van der Waals surface area contributed by atoms with E-state index in [1.54, 1.807) is 0 Å². The second-order valence-electron chi connectivity index (χ2n) is 13.0. The summed E-state index contributed by atoms with van der Waals surface area (Å²) < 4.78 is 34.8. The number of benzene rings is 2. The van der Waals surface area contributed by atoms with E-state index >= 15 is 0 Å². The molecule has 1 unspecified atom stereocenters. The van der Waals surface area contributed by atoms with Crippen LogP contribution in [-0.4, -0.2) is 63.2 Å². The molecule has 1 saturated heterocycles. The van der Waals surface area contributed by atoms with Crippen molar-refractivity contribution in [2.24, 2.45) is 0 Å². The van der Waals surface area contributed by atoms with Crippen molar-refractivity contribution in [3.63, 3.8) is 0 Å². The van der Waals surface area contributed by atoms with Crippen LogP contribution in [0.15, 0.2) is 42.5 Å². The smallest absolute Gasteiger partial charge is 0.303 e. The third kappa shape index (κ3) is 9.64. The first-order valence-corrected chi connectivity index (χ1v) is 18.0. The number of hydrogen-bond donors (Lipinski definition) is 0. The van der Waals surface area contributed by atoms with E-state index in [-0.39, 0.29) is 11.6 Å². The summed E-state index contributed by atoms with van der Waals surface area (Å²) in [6, 6.07) is 13.8. The fraction of sp³-hybridized carbons (Fsp3) is 0.529. The normalized spacial score (nSPS) is 21.8. The molecule has 1 fully saturated rings. The monoisotopic (exact) mass is 642 g/mol. The molecule has 11 heteroatoms. The summed E-state index contributed by atoms with van der Waals surface area (Å²) in [7, 11) is -1.98. The Labute approximate surface area is 266 Å². The maximum absolute atomic E-state index is 12.3. The Morgan fingerprint density at radius 1 is 0.778 bits per heavy atom. The van der Waals surface area contributed by atoms with Gasteiger partial charge < -0.3 is 28.1 Å². The van der Waals surface area contributed by atoms with Crippen molar-refractivity contribution in [2.75, 3.05) is 6.61 Å². The van der Waals surface area contributed by atoms with E-state index in [4.69, 9.17) is 28.1 Å². The van der Waals surface area contributed by atoms with Crippen molar-refractivity contribution in [3.05, 3.63) is 64.7 Å². The van der Waals surface area contributed by atoms with Gasteiger partial charge in [0.2, 0.25) is 8.32 Å². The molecule has 0 amide bonds. The van der Waals surface area contributed by atoms with Crippen LogP contribution < -0.4 is 4.43 Å². The molecular weight excluding hydrogens is 596 g/mol. The fourth-order valence-corrected chi connectivity index (χ4v) is 5.93. The lowest BCUT2D eigenvalue weighted by molar-refractivity contribution is -0.254. The van der Waals surface area contributed by atoms with Crippen LogP contribution in [0.4, 0.5) is 0 Å². The maximum atomic E-state index is 12.3. The van der Waals surface area contributed by atoms with Crippen molar-refractivity contribution < 1.29 is 47.3 Å². The summed E-state index contributed by atoms with van der Waals surface area (Å²) >= 11 is 0. The SMILES string of the molecule is CC(=O)OCC1O[C@@H](c2ccc(C)c(Cc3ccc(O[Si](C)(C)C(C)(C)C)cc3)c2)[C@H](OC(C)=O)[C@@H](OC(C)=O)[C@@H]1OC(C)=O. The molecule has 0 N–H and O–H groups in total. The minimum Gasteiger partial charge on any atom is -0.544 e. The first kappa shape index (κ1) is 35.8. The van der Waals surface area contributed by atoms with Gasteiger partial charge in [-0.3, -0.25) is 19.2 Å². The van der Waals surface area contributed by atoms with Gasteiger partial charge in [0.25, 0.3) is 0 Å². The zero-order valence-corrected chi connectivity index (χ0v) is 28.9. The summed E-state index contributed by atoms with van der Waals surface area (Å²) in [5.74, 6) is -1.72. The first-order valence-electron chi connectivity index (χ1n) is 15.1. The van der Waals surface area contributed by atoms with Crippen LogP contribution in [0.5, 0.6) is 5.75 Å². The predicted molar refractivity (Wildman–Crippen MR) is 169 cm³/mol. The van der Waals surface area contributed by atoms with E-state index in [0.717, 1.165) is 22.4 Å². The van der Waals surface area contributed by atoms with Gasteiger partial charge in [0.05, 0.1) is 0 Å². The van der Waals surface area contributed by atoms with Crippen LogP contribution in [0.3, 0.4) is 0 Å². The van der Waals surface area contributed by atoms with Gasteiger partial charge in [0.15, 0.2) is 18.3 Å². The van der Waals surface area contributed by atoms with Gasteiger partial charge in [-0.2, -0.15) is 0 Å². The molecule has 0 aliphatic carbocycles. The standard InChI is InChI=1S/C34H46O10Si/c1-20-11-14-26(18-27(20)17-25-12-15-28(16-13-25)44-45(9,10)34(6,7)8)30-32(41-23(4)37)33(42-24(5)38)31(40-22(3)36)29(43-30)19-39-21(2)35/h11-16,18,29-33H,17,19H2,1-10H3/t29?,30-,31+,32-,33-/m0/s1. The Kier molecular flexibility index (Phi) is 11.6. The Balaban J connectivity index is 1.98. The molecule has 1 heterocycles. The Hall–Kier alpha value is -3.70. The summed E-state index contributed by atoms with van der Waals surface area (Å²) in [6.07, 6.45) is -4.95. The predicted octanol–water partition coefficient (Wildman–Crippen LogP) is 5.77. The van der Waals surface area contributed by atoms with E-state index in [1.165, 1.54) is 27.7 Å². The third-order valence-electron chi connectivity index (χ3n) is 8.19. The second-order valence-corrected chi connectivity index (χ2v) is 17.7. The van der Waals surface area contributed by atoms with E-state index in [2.05, 4.69) is 33.9 Å². The van der Waals surface area contributed by atoms with Crippen molar-refractivity contribution in [2.45, 2.75) is 110 Å². The molecule has 0 spiro atoms. The van der Waals surface area contributed by atoms with E-state index in [9.17, 15) is 19.2 Å². The average molecular weight is 643 g/mol. The van der Waals surface area contributed by atoms with Crippen LogP contribution in [0, 0.1) is 6.92 Å². The molecule has 45 heavy (non-hydrogen) atoms. The van der Waals surface area contributed by atoms with Gasteiger partial charge >= 0.3 is 23.9 Å². The molecule has 10 nitrogen and oxygen atoms in total. The zero-order chi connectivity index (χ0) is 33.7. The number of carbonyl (C=O) groups is 4. The summed E-state index contributed by atoms with van der Waals surface area (Å²) in [6.45, 7) is 17.6. The molecular formula is C34H46O10Si. The van der Waals surface area contributed by atoms with Crippen molar-refractivity contribution in [1.29, 1.82) is 0 Å². The topological polar surface area (TPSA) is 124 Å². The van der Waals surface area contributed by atoms with Gasteiger partial charge in [-0.1, -0.05) is 51.1 Å². The molecule has 3 rings (SSSR count). The van der Waals surface area contributed by atoms with Crippen molar-refractivity contribution in [3.8, 4) is 5.75 Å². The molecule has 0 bridgehead atoms. The summed E-state index contributed by atoms with van der Waals surface area (Å²) in [5.41, 5.74) is 3.75. The lowest BCUT2D eigenvalue weighted by Gasteiger charge is -2.44. The van der Waals surface area contributed by atoms with Gasteiger partial charge in [-0.25, -0.2) is 0 Å². The largest absolute Gasteiger partial charge is 0.544 e. The Morgan fingerprint density at radius 2 is 1.33 bits per heavy atom. The van der Waals surface area contributed by atoms with Gasteiger partial charge in [-0.15, -0.1) is 0 Å². The molecule has 2 aromatic carbocycles. The first-order chi connectivity index (χ1) is 20.9. The molecule has 2 aromatic rings. The third-order valence-corrected chi connectivity index (χ3v) is 12.5. The van der Waals surface area contributed by atoms with Gasteiger partial charge in [0.1, 0.15) is 24.6 Å². The fourth-order valence-electron chi connectivity index (χ4n) is 4.90. The highest BCUT2D eigenvalue weighted by Gasteiger charge is 2.52. The Morgan fingerprint density at radius 3 is 1.87 bits per heavy atom. The van der Waals surface area contributed by atoms with Crippen LogP contribution in [-0.2, 0) is 49.3 Å². The second kappa shape index (κ2) is 14.6. The molecule has 0 radical (unpaired) electrons. The lowest BCUT2D eigenvalue weighted by atomic mass is 9.88. The highest BCUT2D eigenvalue weighted by molar-refractivity contribution is 6.74. The minimum atomic E-state index is -1.98. The molecule has 5 atom stereocenters. The number of ether oxygens (including phenoxy) is 5. The number of hydrogen-bond acceptors (Lipinski definition) is 10. The number of rotatable bonds is 10. The Bertz CT molecular complexity index is 1380. The lowest BCUT2D eigenvalue weighted by Crippen LogP contribution is -2.59. The van der Waals surface area contributed by atoms with Gasteiger partial charge in [-0.05, 0) is 65.9 Å². The molecule has 1 aliphatic heterocycles. The maximum Gasteiger partial charge on any atom is 0.303 e. The highest BCUT2D eigenvalue weighted by atomic mass is 28.4. The van der Waals surface area contributed by atoms with Crippen LogP contribution in [0.2, 0.25) is 18.1 Å². The highest BCUT2D eigenvalue weighted by Crippen LogP contribution is 2.39. The van der Waals surface area contributed by atoms with E-state index < -0.39 is 62.7 Å². The molecule has 0 aromatic heterocycles. The quantitative estimate of drug-likeness (QED) is 0.179. The number of carbonyl (C=O) groups excluding carboxylic acids is 4. The summed E-state index contributed by atoms with van der Waals surface area (Å²) in [5, 5.41) is 0.0816. The zero-order valence-electron chi connectivity index (χ0n) is 27.9. The number of aryl methyl sites for hydroxylation is 1. The number of esters is 4. The summed E-state index contributed by atoms with van der Waals surface area (Å²) in [4.78, 5) is 48.2. The van der Waals surface area contributed by atoms with E-state index in [1.807, 2.05) is 49.4 Å². The van der Waals surface area contributed by atoms with Crippen LogP contribution in [0.1, 0.15) is 76.8 Å². The molecule has 0 saturated carbocycles.